The number of hydrogen-bond acceptors (Lipinski definition) is 3. The average molecular weight is 389 g/mol. The number of carbonyl (C=O) groups excluding carboxylic acids is 1. The standard InChI is InChI=1S/C17H16ClF3N2OS/c1-11-2-4-12(5-3-11)8-15(24)22-6-7-25-16-14(18)9-13(10-23-16)17(19,20)21/h2-5,9-10H,6-8H2,1H3,(H,22,24). The molecule has 2 aromatic rings. The Labute approximate surface area is 153 Å². The molecule has 3 nitrogen and oxygen atoms in total. The number of benzene rings is 1. The van der Waals surface area contributed by atoms with Crippen LogP contribution in [0.3, 0.4) is 0 Å². The first kappa shape index (κ1) is 19.6. The number of thioether (sulfide) groups is 1. The maximum atomic E-state index is 12.5. The van der Waals surface area contributed by atoms with E-state index >= 15 is 0 Å². The summed E-state index contributed by atoms with van der Waals surface area (Å²) in [5.41, 5.74) is 1.16. The maximum Gasteiger partial charge on any atom is 0.417 e. The molecule has 0 unspecified atom stereocenters. The van der Waals surface area contributed by atoms with Gasteiger partial charge in [0.1, 0.15) is 5.03 Å². The van der Waals surface area contributed by atoms with Gasteiger partial charge >= 0.3 is 6.18 Å². The Hall–Kier alpha value is -1.73. The SMILES string of the molecule is Cc1ccc(CC(=O)NCCSc2ncc(C(F)(F)F)cc2Cl)cc1. The van der Waals surface area contributed by atoms with Gasteiger partial charge in [-0.05, 0) is 18.6 Å². The fourth-order valence-corrected chi connectivity index (χ4v) is 3.03. The number of aryl methyl sites for hydroxylation is 1. The van der Waals surface area contributed by atoms with Gasteiger partial charge in [-0.25, -0.2) is 4.98 Å². The average Bonchev–Trinajstić information content (AvgIpc) is 2.54. The number of halogens is 4. The van der Waals surface area contributed by atoms with Crippen LogP contribution in [0.25, 0.3) is 0 Å². The Morgan fingerprint density at radius 1 is 1.28 bits per heavy atom. The predicted molar refractivity (Wildman–Crippen MR) is 92.9 cm³/mol. The molecule has 0 bridgehead atoms. The molecule has 8 heteroatoms. The number of carbonyl (C=O) groups is 1. The first-order valence-corrected chi connectivity index (χ1v) is 8.80. The largest absolute Gasteiger partial charge is 0.417 e. The second-order valence-electron chi connectivity index (χ2n) is 5.37. The smallest absolute Gasteiger partial charge is 0.355 e. The summed E-state index contributed by atoms with van der Waals surface area (Å²) in [5.74, 6) is 0.341. The van der Waals surface area contributed by atoms with E-state index in [2.05, 4.69) is 10.3 Å². The topological polar surface area (TPSA) is 42.0 Å². The van der Waals surface area contributed by atoms with Crippen molar-refractivity contribution in [1.82, 2.24) is 10.3 Å². The van der Waals surface area contributed by atoms with Gasteiger partial charge in [-0.15, -0.1) is 11.8 Å². The lowest BCUT2D eigenvalue weighted by atomic mass is 10.1. The van der Waals surface area contributed by atoms with Crippen molar-refractivity contribution in [1.29, 1.82) is 0 Å². The normalized spacial score (nSPS) is 11.4. The molecule has 1 aromatic carbocycles. The highest BCUT2D eigenvalue weighted by Gasteiger charge is 2.31. The third-order valence-corrected chi connectivity index (χ3v) is 4.69. The molecule has 0 radical (unpaired) electrons. The fourth-order valence-electron chi connectivity index (χ4n) is 1.98. The van der Waals surface area contributed by atoms with Gasteiger partial charge in [-0.2, -0.15) is 13.2 Å². The van der Waals surface area contributed by atoms with Gasteiger partial charge < -0.3 is 5.32 Å². The van der Waals surface area contributed by atoms with Crippen molar-refractivity contribution >= 4 is 29.3 Å². The van der Waals surface area contributed by atoms with Crippen molar-refractivity contribution < 1.29 is 18.0 Å². The predicted octanol–water partition coefficient (Wildman–Crippen LogP) is 4.51. The van der Waals surface area contributed by atoms with E-state index in [9.17, 15) is 18.0 Å². The first-order chi connectivity index (χ1) is 11.8. The van der Waals surface area contributed by atoms with Gasteiger partial charge in [0.2, 0.25) is 5.91 Å². The number of hydrogen-bond donors (Lipinski definition) is 1. The number of nitrogens with one attached hydrogen (secondary N) is 1. The highest BCUT2D eigenvalue weighted by molar-refractivity contribution is 7.99. The highest BCUT2D eigenvalue weighted by atomic mass is 35.5. The van der Waals surface area contributed by atoms with E-state index in [4.69, 9.17) is 11.6 Å². The monoisotopic (exact) mass is 388 g/mol. The molecule has 0 aliphatic heterocycles. The number of aromatic nitrogens is 1. The molecule has 1 heterocycles. The zero-order valence-corrected chi connectivity index (χ0v) is 14.9. The van der Waals surface area contributed by atoms with Crippen molar-refractivity contribution in [2.75, 3.05) is 12.3 Å². The molecule has 1 N–H and O–H groups in total. The lowest BCUT2D eigenvalue weighted by molar-refractivity contribution is -0.137. The van der Waals surface area contributed by atoms with Crippen LogP contribution in [0.2, 0.25) is 5.02 Å². The Morgan fingerprint density at radius 3 is 2.56 bits per heavy atom. The molecule has 0 atom stereocenters. The Balaban J connectivity index is 1.77. The van der Waals surface area contributed by atoms with Gasteiger partial charge in [0.15, 0.2) is 0 Å². The minimum absolute atomic E-state index is 0.0502. The van der Waals surface area contributed by atoms with Crippen LogP contribution in [0.1, 0.15) is 16.7 Å². The molecule has 0 aliphatic carbocycles. The Kier molecular flexibility index (Phi) is 6.72. The molecule has 1 amide bonds. The Bertz CT molecular complexity index is 736. The molecule has 0 aliphatic rings. The molecule has 2 rings (SSSR count). The minimum Gasteiger partial charge on any atom is -0.355 e. The van der Waals surface area contributed by atoms with Crippen molar-refractivity contribution in [2.45, 2.75) is 24.5 Å². The number of alkyl halides is 3. The Morgan fingerprint density at radius 2 is 1.96 bits per heavy atom. The van der Waals surface area contributed by atoms with E-state index in [0.29, 0.717) is 17.3 Å². The molecule has 0 spiro atoms. The summed E-state index contributed by atoms with van der Waals surface area (Å²) in [6.07, 6.45) is -3.43. The zero-order valence-electron chi connectivity index (χ0n) is 13.4. The molecule has 0 fully saturated rings. The van der Waals surface area contributed by atoms with Crippen molar-refractivity contribution in [3.8, 4) is 0 Å². The number of rotatable bonds is 6. The van der Waals surface area contributed by atoms with Gasteiger partial charge in [-0.3, -0.25) is 4.79 Å². The lowest BCUT2D eigenvalue weighted by Gasteiger charge is -2.09. The maximum absolute atomic E-state index is 12.5. The van der Waals surface area contributed by atoms with Crippen LogP contribution in [0.5, 0.6) is 0 Å². The second kappa shape index (κ2) is 8.58. The minimum atomic E-state index is -4.47. The third-order valence-electron chi connectivity index (χ3n) is 3.28. The summed E-state index contributed by atoms with van der Waals surface area (Å²) in [5, 5.41) is 3.02. The van der Waals surface area contributed by atoms with Crippen molar-refractivity contribution in [2.24, 2.45) is 0 Å². The van der Waals surface area contributed by atoms with E-state index in [1.807, 2.05) is 31.2 Å². The third kappa shape index (κ3) is 6.25. The van der Waals surface area contributed by atoms with Crippen LogP contribution >= 0.6 is 23.4 Å². The molecule has 0 saturated heterocycles. The van der Waals surface area contributed by atoms with Crippen LogP contribution < -0.4 is 5.32 Å². The number of amides is 1. The van der Waals surface area contributed by atoms with Crippen LogP contribution in [-0.2, 0) is 17.4 Å². The van der Waals surface area contributed by atoms with Crippen LogP contribution in [0.4, 0.5) is 13.2 Å². The molecule has 134 valence electrons. The van der Waals surface area contributed by atoms with Crippen molar-refractivity contribution in [3.05, 3.63) is 58.2 Å². The van der Waals surface area contributed by atoms with E-state index in [1.165, 1.54) is 11.8 Å². The highest BCUT2D eigenvalue weighted by Crippen LogP contribution is 2.33. The van der Waals surface area contributed by atoms with Gasteiger partial charge in [-0.1, -0.05) is 41.4 Å². The van der Waals surface area contributed by atoms with Crippen molar-refractivity contribution in [3.63, 3.8) is 0 Å². The summed E-state index contributed by atoms with van der Waals surface area (Å²) in [7, 11) is 0. The van der Waals surface area contributed by atoms with E-state index in [0.717, 1.165) is 23.4 Å². The van der Waals surface area contributed by atoms with Crippen LogP contribution in [0.15, 0.2) is 41.6 Å². The second-order valence-corrected chi connectivity index (χ2v) is 6.86. The molecule has 0 saturated carbocycles. The molecular formula is C17H16ClF3N2OS. The van der Waals surface area contributed by atoms with E-state index in [-0.39, 0.29) is 17.4 Å². The molecular weight excluding hydrogens is 373 g/mol. The van der Waals surface area contributed by atoms with Gasteiger partial charge in [0, 0.05) is 18.5 Å². The van der Waals surface area contributed by atoms with Gasteiger partial charge in [0.05, 0.1) is 17.0 Å². The van der Waals surface area contributed by atoms with Crippen LogP contribution in [-0.4, -0.2) is 23.2 Å². The van der Waals surface area contributed by atoms with Crippen LogP contribution in [0, 0.1) is 6.92 Å². The summed E-state index contributed by atoms with van der Waals surface area (Å²) < 4.78 is 37.6. The number of nitrogens with zero attached hydrogens (tertiary/aromatic N) is 1. The number of pyridine rings is 1. The lowest BCUT2D eigenvalue weighted by Crippen LogP contribution is -2.27. The quantitative estimate of drug-likeness (QED) is 0.584. The first-order valence-electron chi connectivity index (χ1n) is 7.43. The van der Waals surface area contributed by atoms with Gasteiger partial charge in [0.25, 0.3) is 0 Å². The fraction of sp³-hybridized carbons (Fsp3) is 0.294. The summed E-state index contributed by atoms with van der Waals surface area (Å²) in [6, 6.07) is 8.53. The summed E-state index contributed by atoms with van der Waals surface area (Å²) >= 11 is 7.02. The molecule has 1 aromatic heterocycles. The summed E-state index contributed by atoms with van der Waals surface area (Å²) in [4.78, 5) is 15.6. The van der Waals surface area contributed by atoms with E-state index < -0.39 is 11.7 Å². The molecule has 25 heavy (non-hydrogen) atoms. The summed E-state index contributed by atoms with van der Waals surface area (Å²) in [6.45, 7) is 2.34. The zero-order chi connectivity index (χ0) is 18.4. The van der Waals surface area contributed by atoms with E-state index in [1.54, 1.807) is 0 Å².